The predicted octanol–water partition coefficient (Wildman–Crippen LogP) is 4.66. The lowest BCUT2D eigenvalue weighted by Crippen LogP contribution is -2.27. The van der Waals surface area contributed by atoms with Gasteiger partial charge in [0.1, 0.15) is 5.84 Å². The molecule has 0 radical (unpaired) electrons. The van der Waals surface area contributed by atoms with Gasteiger partial charge in [0.15, 0.2) is 0 Å². The quantitative estimate of drug-likeness (QED) is 0.552. The lowest BCUT2D eigenvalue weighted by atomic mass is 9.98. The molecule has 0 N–H and O–H groups in total. The highest BCUT2D eigenvalue weighted by molar-refractivity contribution is 8.14. The van der Waals surface area contributed by atoms with Crippen molar-refractivity contribution in [3.8, 4) is 0 Å². The van der Waals surface area contributed by atoms with E-state index in [4.69, 9.17) is 11.6 Å². The molecule has 0 saturated heterocycles. The van der Waals surface area contributed by atoms with E-state index in [1.807, 2.05) is 24.3 Å². The Morgan fingerprint density at radius 3 is 2.44 bits per heavy atom. The summed E-state index contributed by atoms with van der Waals surface area (Å²) in [5.74, 6) is 1.09. The van der Waals surface area contributed by atoms with Crippen molar-refractivity contribution in [2.24, 2.45) is 10.1 Å². The Labute approximate surface area is 163 Å². The molecular weight excluding hydrogens is 388 g/mol. The fourth-order valence-corrected chi connectivity index (χ4v) is 3.80. The van der Waals surface area contributed by atoms with Gasteiger partial charge >= 0.3 is 5.24 Å². The maximum Gasteiger partial charge on any atom is 0.307 e. The van der Waals surface area contributed by atoms with E-state index < -0.39 is 4.92 Å². The van der Waals surface area contributed by atoms with Gasteiger partial charge in [0.05, 0.1) is 22.4 Å². The first-order valence-electron chi connectivity index (χ1n) is 8.12. The van der Waals surface area contributed by atoms with Crippen LogP contribution in [0.15, 0.2) is 58.6 Å². The molecule has 2 heterocycles. The third-order valence-electron chi connectivity index (χ3n) is 4.39. The third-order valence-corrected chi connectivity index (χ3v) is 5.38. The Morgan fingerprint density at radius 2 is 1.85 bits per heavy atom. The molecule has 2 aromatic carbocycles. The predicted molar refractivity (Wildman–Crippen MR) is 106 cm³/mol. The maximum absolute atomic E-state index is 11.6. The van der Waals surface area contributed by atoms with Crippen molar-refractivity contribution in [3.05, 3.63) is 74.8 Å². The second-order valence-corrected chi connectivity index (χ2v) is 7.41. The molecule has 7 nitrogen and oxygen atoms in total. The summed E-state index contributed by atoms with van der Waals surface area (Å²) in [5, 5.41) is 17.7. The number of carbonyl (C=O) groups is 1. The zero-order valence-corrected chi connectivity index (χ0v) is 15.5. The number of amides is 1. The molecule has 9 heteroatoms. The number of hydrazone groups is 1. The molecule has 136 valence electrons. The van der Waals surface area contributed by atoms with Crippen molar-refractivity contribution >= 4 is 45.8 Å². The van der Waals surface area contributed by atoms with Crippen molar-refractivity contribution in [1.82, 2.24) is 5.01 Å². The lowest BCUT2D eigenvalue weighted by Gasteiger charge is -2.23. The van der Waals surface area contributed by atoms with Gasteiger partial charge in [0.2, 0.25) is 0 Å². The third kappa shape index (κ3) is 3.58. The fraction of sp³-hybridized carbons (Fsp3) is 0.167. The lowest BCUT2D eigenvalue weighted by molar-refractivity contribution is -0.384. The van der Waals surface area contributed by atoms with Crippen LogP contribution >= 0.6 is 23.4 Å². The summed E-state index contributed by atoms with van der Waals surface area (Å²) in [5.41, 5.74) is 2.63. The van der Waals surface area contributed by atoms with E-state index in [0.717, 1.165) is 28.6 Å². The Kier molecular flexibility index (Phi) is 4.67. The summed E-state index contributed by atoms with van der Waals surface area (Å²) in [6.07, 6.45) is 0.595. The summed E-state index contributed by atoms with van der Waals surface area (Å²) in [6, 6.07) is 13.7. The smallest absolute Gasteiger partial charge is 0.259 e. The van der Waals surface area contributed by atoms with Crippen LogP contribution in [0.5, 0.6) is 0 Å². The van der Waals surface area contributed by atoms with E-state index in [2.05, 4.69) is 10.1 Å². The molecule has 1 unspecified atom stereocenters. The molecule has 0 bridgehead atoms. The van der Waals surface area contributed by atoms with Crippen LogP contribution in [0.4, 0.5) is 10.5 Å². The second kappa shape index (κ2) is 7.13. The van der Waals surface area contributed by atoms with Crippen LogP contribution in [0.1, 0.15) is 23.6 Å². The Hall–Kier alpha value is -2.71. The van der Waals surface area contributed by atoms with Gasteiger partial charge in [0, 0.05) is 23.6 Å². The van der Waals surface area contributed by atoms with Crippen molar-refractivity contribution in [3.63, 3.8) is 0 Å². The topological polar surface area (TPSA) is 88.2 Å². The monoisotopic (exact) mass is 400 g/mol. The molecular formula is C18H13ClN4O3S. The van der Waals surface area contributed by atoms with Gasteiger partial charge < -0.3 is 0 Å². The molecule has 0 spiro atoms. The highest BCUT2D eigenvalue weighted by atomic mass is 35.5. The summed E-state index contributed by atoms with van der Waals surface area (Å²) in [4.78, 5) is 26.1. The van der Waals surface area contributed by atoms with Crippen LogP contribution in [0.2, 0.25) is 5.02 Å². The Balaban J connectivity index is 1.69. The van der Waals surface area contributed by atoms with Gasteiger partial charge in [0.25, 0.3) is 5.69 Å². The molecule has 0 aliphatic carbocycles. The highest BCUT2D eigenvalue weighted by Gasteiger charge is 2.34. The molecule has 0 fully saturated rings. The number of benzene rings is 2. The van der Waals surface area contributed by atoms with Crippen molar-refractivity contribution < 1.29 is 9.72 Å². The minimum Gasteiger partial charge on any atom is -0.259 e. The fourth-order valence-electron chi connectivity index (χ4n) is 3.06. The standard InChI is InChI=1S/C18H13ClN4O3S/c19-13-5-1-12(2-6-13)16-9-15(11-3-7-14(8-4-11)23(25)26)21-22(16)17-10-27-18(24)20-17/h1-8,16H,9-10H2. The number of amidine groups is 1. The van der Waals surface area contributed by atoms with E-state index in [9.17, 15) is 14.9 Å². The number of rotatable bonds is 3. The molecule has 1 atom stereocenters. The minimum atomic E-state index is -0.431. The van der Waals surface area contributed by atoms with Gasteiger partial charge in [-0.05, 0) is 35.4 Å². The van der Waals surface area contributed by atoms with Crippen LogP contribution in [0.3, 0.4) is 0 Å². The van der Waals surface area contributed by atoms with E-state index in [1.165, 1.54) is 12.1 Å². The number of carbonyl (C=O) groups excluding carboxylic acids is 1. The summed E-state index contributed by atoms with van der Waals surface area (Å²) >= 11 is 7.14. The Morgan fingerprint density at radius 1 is 1.15 bits per heavy atom. The zero-order valence-electron chi connectivity index (χ0n) is 13.9. The average Bonchev–Trinajstić information content (AvgIpc) is 3.29. The highest BCUT2D eigenvalue weighted by Crippen LogP contribution is 2.35. The first-order chi connectivity index (χ1) is 13.0. The van der Waals surface area contributed by atoms with Crippen LogP contribution in [-0.2, 0) is 0 Å². The van der Waals surface area contributed by atoms with Crippen molar-refractivity contribution in [2.45, 2.75) is 12.5 Å². The first-order valence-corrected chi connectivity index (χ1v) is 9.49. The number of halogens is 1. The summed E-state index contributed by atoms with van der Waals surface area (Å²) in [6.45, 7) is 0. The summed E-state index contributed by atoms with van der Waals surface area (Å²) in [7, 11) is 0. The largest absolute Gasteiger partial charge is 0.307 e. The number of non-ortho nitro benzene ring substituents is 1. The number of aliphatic imine (C=N–C) groups is 1. The van der Waals surface area contributed by atoms with E-state index >= 15 is 0 Å². The van der Waals surface area contributed by atoms with E-state index in [0.29, 0.717) is 23.0 Å². The maximum atomic E-state index is 11.6. The first kappa shape index (κ1) is 17.7. The normalized spacial score (nSPS) is 19.2. The van der Waals surface area contributed by atoms with Gasteiger partial charge in [-0.3, -0.25) is 14.9 Å². The molecule has 2 aromatic rings. The number of nitro groups is 1. The molecule has 27 heavy (non-hydrogen) atoms. The zero-order chi connectivity index (χ0) is 19.0. The van der Waals surface area contributed by atoms with Crippen LogP contribution in [0, 0.1) is 10.1 Å². The van der Waals surface area contributed by atoms with E-state index in [1.54, 1.807) is 17.1 Å². The average molecular weight is 401 g/mol. The molecule has 4 rings (SSSR count). The molecule has 1 amide bonds. The van der Waals surface area contributed by atoms with Gasteiger partial charge in [-0.2, -0.15) is 10.1 Å². The van der Waals surface area contributed by atoms with Crippen LogP contribution < -0.4 is 0 Å². The number of nitro benzene ring substituents is 1. The molecule has 0 aromatic heterocycles. The molecule has 2 aliphatic heterocycles. The molecule has 2 aliphatic rings. The SMILES string of the molecule is O=C1N=C(N2N=C(c3ccc([N+](=O)[O-])cc3)CC2c2ccc(Cl)cc2)CS1. The van der Waals surface area contributed by atoms with Crippen molar-refractivity contribution in [2.75, 3.05) is 5.75 Å². The number of thioether (sulfide) groups is 1. The second-order valence-electron chi connectivity index (χ2n) is 6.05. The van der Waals surface area contributed by atoms with Gasteiger partial charge in [-0.15, -0.1) is 0 Å². The minimum absolute atomic E-state index is 0.0330. The number of hydrogen-bond donors (Lipinski definition) is 0. The van der Waals surface area contributed by atoms with Crippen LogP contribution in [0.25, 0.3) is 0 Å². The number of nitrogens with zero attached hydrogens (tertiary/aromatic N) is 4. The summed E-state index contributed by atoms with van der Waals surface area (Å²) < 4.78 is 0. The number of hydrogen-bond acceptors (Lipinski definition) is 6. The van der Waals surface area contributed by atoms with Crippen LogP contribution in [-0.4, -0.2) is 32.5 Å². The Bertz CT molecular complexity index is 973. The molecule has 0 saturated carbocycles. The van der Waals surface area contributed by atoms with Gasteiger partial charge in [-0.1, -0.05) is 35.5 Å². The van der Waals surface area contributed by atoms with E-state index in [-0.39, 0.29) is 17.0 Å². The van der Waals surface area contributed by atoms with Crippen molar-refractivity contribution in [1.29, 1.82) is 0 Å². The van der Waals surface area contributed by atoms with Gasteiger partial charge in [-0.25, -0.2) is 5.01 Å².